The van der Waals surface area contributed by atoms with Crippen molar-refractivity contribution in [2.75, 3.05) is 14.2 Å². The standard InChI is InChI=1S/C32H56O3/c1-21(2)12-11-16-32(8,35-10)22-13-18-31(7)27(22)23(33)20-25-29(5)17-15-26(34-9)28(3,4)24(29)14-19-30(25,31)6/h12,22-27,33H,11,13-20H2,1-10H3/t22?,23?,24?,25?,26?,27?,29?,30?,31-,32+/m1/s1. The van der Waals surface area contributed by atoms with Crippen molar-refractivity contribution >= 4 is 0 Å². The third kappa shape index (κ3) is 3.92. The molecular formula is C32H56O3. The second-order valence-electron chi connectivity index (χ2n) is 14.9. The summed E-state index contributed by atoms with van der Waals surface area (Å²) in [7, 11) is 3.81. The van der Waals surface area contributed by atoms with Crippen LogP contribution in [0.25, 0.3) is 0 Å². The Morgan fingerprint density at radius 3 is 2.20 bits per heavy atom. The third-order valence-electron chi connectivity index (χ3n) is 13.1. The largest absolute Gasteiger partial charge is 0.393 e. The van der Waals surface area contributed by atoms with Gasteiger partial charge in [0.05, 0.1) is 17.8 Å². The molecule has 4 aliphatic carbocycles. The minimum atomic E-state index is -0.234. The van der Waals surface area contributed by atoms with Crippen LogP contribution in [0.2, 0.25) is 0 Å². The van der Waals surface area contributed by atoms with Crippen molar-refractivity contribution < 1.29 is 14.6 Å². The van der Waals surface area contributed by atoms with Crippen LogP contribution in [-0.2, 0) is 9.47 Å². The second kappa shape index (κ2) is 9.12. The molecule has 1 N–H and O–H groups in total. The summed E-state index contributed by atoms with van der Waals surface area (Å²) in [6.07, 6.45) is 12.9. The summed E-state index contributed by atoms with van der Waals surface area (Å²) in [5.41, 5.74) is 2.08. The molecule has 0 aliphatic heterocycles. The number of aliphatic hydroxyl groups is 1. The summed E-state index contributed by atoms with van der Waals surface area (Å²) in [5.74, 6) is 1.97. The first-order valence-corrected chi connectivity index (χ1v) is 14.6. The Balaban J connectivity index is 1.67. The number of ether oxygens (including phenoxy) is 2. The van der Waals surface area contributed by atoms with E-state index in [0.29, 0.717) is 29.8 Å². The maximum atomic E-state index is 12.0. The topological polar surface area (TPSA) is 38.7 Å². The number of aliphatic hydroxyl groups excluding tert-OH is 1. The molecule has 0 radical (unpaired) electrons. The van der Waals surface area contributed by atoms with Crippen molar-refractivity contribution in [2.45, 2.75) is 131 Å². The van der Waals surface area contributed by atoms with Gasteiger partial charge >= 0.3 is 0 Å². The highest BCUT2D eigenvalue weighted by Gasteiger charge is 2.71. The van der Waals surface area contributed by atoms with E-state index in [9.17, 15) is 5.11 Å². The van der Waals surface area contributed by atoms with E-state index in [0.717, 1.165) is 25.7 Å². The highest BCUT2D eigenvalue weighted by Crippen LogP contribution is 2.76. The Morgan fingerprint density at radius 1 is 0.943 bits per heavy atom. The van der Waals surface area contributed by atoms with E-state index in [-0.39, 0.29) is 33.4 Å². The summed E-state index contributed by atoms with van der Waals surface area (Å²) in [6, 6.07) is 0. The quantitative estimate of drug-likeness (QED) is 0.387. The first kappa shape index (κ1) is 27.6. The van der Waals surface area contributed by atoms with Gasteiger partial charge in [-0.2, -0.15) is 0 Å². The van der Waals surface area contributed by atoms with Crippen LogP contribution in [0.1, 0.15) is 113 Å². The normalized spacial score (nSPS) is 48.3. The monoisotopic (exact) mass is 488 g/mol. The number of allylic oxidation sites excluding steroid dienone is 2. The zero-order valence-electron chi connectivity index (χ0n) is 24.7. The SMILES string of the molecule is COC1CCC2(C)C(CCC3(C)C2CC(O)C2C([C@](C)(CCC=C(C)C)OC)CC[C@]23C)C1(C)C. The van der Waals surface area contributed by atoms with Crippen molar-refractivity contribution in [1.29, 1.82) is 0 Å². The van der Waals surface area contributed by atoms with Crippen LogP contribution < -0.4 is 0 Å². The van der Waals surface area contributed by atoms with Crippen LogP contribution in [0.5, 0.6) is 0 Å². The molecule has 0 aromatic heterocycles. The molecular weight excluding hydrogens is 432 g/mol. The number of methoxy groups -OCH3 is 2. The van der Waals surface area contributed by atoms with Gasteiger partial charge in [0.1, 0.15) is 0 Å². The van der Waals surface area contributed by atoms with E-state index >= 15 is 0 Å². The lowest BCUT2D eigenvalue weighted by molar-refractivity contribution is -0.249. The lowest BCUT2D eigenvalue weighted by atomic mass is 9.35. The average Bonchev–Trinajstić information content (AvgIpc) is 3.15. The van der Waals surface area contributed by atoms with Gasteiger partial charge in [0.2, 0.25) is 0 Å². The Labute approximate surface area is 216 Å². The number of hydrogen-bond donors (Lipinski definition) is 1. The summed E-state index contributed by atoms with van der Waals surface area (Å²) >= 11 is 0. The Morgan fingerprint density at radius 2 is 1.60 bits per heavy atom. The molecule has 0 heterocycles. The zero-order valence-corrected chi connectivity index (χ0v) is 24.7. The van der Waals surface area contributed by atoms with E-state index in [1.165, 1.54) is 37.7 Å². The number of hydrogen-bond acceptors (Lipinski definition) is 3. The molecule has 0 aromatic carbocycles. The predicted octanol–water partition coefficient (Wildman–Crippen LogP) is 7.81. The first-order valence-electron chi connectivity index (χ1n) is 14.6. The van der Waals surface area contributed by atoms with Crippen molar-refractivity contribution in [1.82, 2.24) is 0 Å². The average molecular weight is 489 g/mol. The predicted molar refractivity (Wildman–Crippen MR) is 145 cm³/mol. The maximum Gasteiger partial charge on any atom is 0.0685 e. The van der Waals surface area contributed by atoms with Gasteiger partial charge in [0.25, 0.3) is 0 Å². The Kier molecular flexibility index (Phi) is 7.21. The van der Waals surface area contributed by atoms with E-state index in [2.05, 4.69) is 61.5 Å². The highest BCUT2D eigenvalue weighted by molar-refractivity contribution is 5.20. The molecule has 202 valence electrons. The summed E-state index contributed by atoms with van der Waals surface area (Å²) < 4.78 is 12.3. The van der Waals surface area contributed by atoms with Gasteiger partial charge in [-0.1, -0.05) is 46.3 Å². The van der Waals surface area contributed by atoms with Gasteiger partial charge in [-0.25, -0.2) is 0 Å². The summed E-state index contributed by atoms with van der Waals surface area (Å²) in [4.78, 5) is 0. The maximum absolute atomic E-state index is 12.0. The molecule has 3 nitrogen and oxygen atoms in total. The fraction of sp³-hybridized carbons (Fsp3) is 0.938. The molecule has 4 saturated carbocycles. The van der Waals surface area contributed by atoms with E-state index in [1.54, 1.807) is 0 Å². The van der Waals surface area contributed by atoms with Crippen LogP contribution in [0.3, 0.4) is 0 Å². The van der Waals surface area contributed by atoms with Crippen LogP contribution in [-0.4, -0.2) is 37.1 Å². The van der Waals surface area contributed by atoms with Crippen molar-refractivity contribution in [3.05, 3.63) is 11.6 Å². The van der Waals surface area contributed by atoms with Gasteiger partial charge in [0, 0.05) is 14.2 Å². The molecule has 0 saturated heterocycles. The molecule has 0 amide bonds. The number of fused-ring (bicyclic) bond motifs is 5. The van der Waals surface area contributed by atoms with Gasteiger partial charge < -0.3 is 14.6 Å². The van der Waals surface area contributed by atoms with Gasteiger partial charge in [-0.05, 0) is 124 Å². The lowest BCUT2D eigenvalue weighted by Gasteiger charge is -2.70. The zero-order chi connectivity index (χ0) is 26.0. The highest BCUT2D eigenvalue weighted by atomic mass is 16.5. The van der Waals surface area contributed by atoms with E-state index in [4.69, 9.17) is 9.47 Å². The lowest BCUT2D eigenvalue weighted by Crippen LogP contribution is -2.66. The fourth-order valence-electron chi connectivity index (χ4n) is 10.9. The van der Waals surface area contributed by atoms with Crippen LogP contribution in [0, 0.1) is 45.3 Å². The molecule has 4 aliphatic rings. The summed E-state index contributed by atoms with van der Waals surface area (Å²) in [6.45, 7) is 19.4. The first-order chi connectivity index (χ1) is 16.2. The molecule has 4 rings (SSSR count). The summed E-state index contributed by atoms with van der Waals surface area (Å²) in [5, 5.41) is 12.0. The second-order valence-corrected chi connectivity index (χ2v) is 14.9. The number of rotatable bonds is 6. The van der Waals surface area contributed by atoms with Crippen molar-refractivity contribution in [2.24, 2.45) is 45.3 Å². The Bertz CT molecular complexity index is 814. The molecule has 8 unspecified atom stereocenters. The minimum Gasteiger partial charge on any atom is -0.393 e. The van der Waals surface area contributed by atoms with Crippen molar-refractivity contribution in [3.63, 3.8) is 0 Å². The van der Waals surface area contributed by atoms with Crippen LogP contribution in [0.15, 0.2) is 11.6 Å². The molecule has 0 bridgehead atoms. The molecule has 0 aromatic rings. The molecule has 4 fully saturated rings. The van der Waals surface area contributed by atoms with Gasteiger partial charge in [-0.15, -0.1) is 0 Å². The van der Waals surface area contributed by atoms with E-state index < -0.39 is 0 Å². The van der Waals surface area contributed by atoms with Gasteiger partial charge in [-0.3, -0.25) is 0 Å². The van der Waals surface area contributed by atoms with E-state index in [1.807, 2.05) is 14.2 Å². The minimum absolute atomic E-state index is 0.159. The van der Waals surface area contributed by atoms with Gasteiger partial charge in [0.15, 0.2) is 0 Å². The molecule has 3 heteroatoms. The molecule has 35 heavy (non-hydrogen) atoms. The third-order valence-corrected chi connectivity index (χ3v) is 13.1. The smallest absolute Gasteiger partial charge is 0.0685 e. The Hall–Kier alpha value is -0.380. The molecule has 0 spiro atoms. The van der Waals surface area contributed by atoms with Crippen LogP contribution in [0.4, 0.5) is 0 Å². The molecule has 10 atom stereocenters. The van der Waals surface area contributed by atoms with Crippen LogP contribution >= 0.6 is 0 Å². The van der Waals surface area contributed by atoms with Crippen molar-refractivity contribution in [3.8, 4) is 0 Å². The fourth-order valence-corrected chi connectivity index (χ4v) is 10.9.